The van der Waals surface area contributed by atoms with Crippen LogP contribution in [0, 0.1) is 10.1 Å². The Labute approximate surface area is 128 Å². The molecule has 1 aromatic carbocycles. The molecule has 2 aliphatic rings. The lowest BCUT2D eigenvalue weighted by Gasteiger charge is -2.22. The largest absolute Gasteiger partial charge is 0.381 e. The van der Waals surface area contributed by atoms with Crippen molar-refractivity contribution in [3.05, 3.63) is 39.4 Å². The quantitative estimate of drug-likeness (QED) is 0.478. The second-order valence-electron chi connectivity index (χ2n) is 5.82. The minimum atomic E-state index is -0.422. The zero-order chi connectivity index (χ0) is 15.9. The summed E-state index contributed by atoms with van der Waals surface area (Å²) in [5.41, 5.74) is 3.14. The highest BCUT2D eigenvalue weighted by atomic mass is 16.6. The van der Waals surface area contributed by atoms with E-state index in [-0.39, 0.29) is 17.6 Å². The second-order valence-corrected chi connectivity index (χ2v) is 5.82. The lowest BCUT2D eigenvalue weighted by molar-refractivity contribution is -0.384. The van der Waals surface area contributed by atoms with Gasteiger partial charge in [-0.2, -0.15) is 0 Å². The van der Waals surface area contributed by atoms with Crippen LogP contribution in [0.1, 0.15) is 32.3 Å². The molecule has 1 amide bonds. The molecule has 6 nitrogen and oxygen atoms in total. The Hall–Kier alpha value is -2.21. The smallest absolute Gasteiger partial charge is 0.270 e. The van der Waals surface area contributed by atoms with Crippen molar-refractivity contribution in [2.24, 2.45) is 0 Å². The van der Waals surface area contributed by atoms with Gasteiger partial charge in [0.1, 0.15) is 0 Å². The Morgan fingerprint density at radius 2 is 1.95 bits per heavy atom. The number of nitro groups is 1. The first kappa shape index (κ1) is 14.7. The molecular formula is C16H18N2O4. The zero-order valence-electron chi connectivity index (χ0n) is 12.7. The van der Waals surface area contributed by atoms with Crippen molar-refractivity contribution in [3.63, 3.8) is 0 Å². The number of nitrogens with zero attached hydrogens (tertiary/aromatic N) is 2. The molecule has 1 saturated heterocycles. The number of anilines is 1. The average molecular weight is 302 g/mol. The number of rotatable bonds is 2. The standard InChI is InChI=1S/C16H18N2O4/c1-10(2)17-14-4-3-12(18(20)21)9-13(14)15(16(17)19)11-5-7-22-8-6-11/h3-4,9-10H,5-8H2,1-2H3. The third kappa shape index (κ3) is 2.29. The van der Waals surface area contributed by atoms with E-state index in [0.29, 0.717) is 37.2 Å². The van der Waals surface area contributed by atoms with Crippen LogP contribution in [-0.2, 0) is 9.53 Å². The number of fused-ring (bicyclic) bond motifs is 1. The fourth-order valence-electron chi connectivity index (χ4n) is 3.12. The van der Waals surface area contributed by atoms with Crippen LogP contribution >= 0.6 is 0 Å². The summed E-state index contributed by atoms with van der Waals surface area (Å²) in [7, 11) is 0. The number of hydrogen-bond acceptors (Lipinski definition) is 4. The SMILES string of the molecule is CC(C)N1C(=O)C(=C2CCOCC2)c2cc([N+](=O)[O-])ccc21. The maximum Gasteiger partial charge on any atom is 0.270 e. The lowest BCUT2D eigenvalue weighted by atomic mass is 9.95. The molecule has 22 heavy (non-hydrogen) atoms. The predicted molar refractivity (Wildman–Crippen MR) is 82.7 cm³/mol. The van der Waals surface area contributed by atoms with Crippen LogP contribution in [0.15, 0.2) is 23.8 Å². The van der Waals surface area contributed by atoms with Crippen molar-refractivity contribution < 1.29 is 14.5 Å². The van der Waals surface area contributed by atoms with Crippen LogP contribution in [-0.4, -0.2) is 30.1 Å². The van der Waals surface area contributed by atoms with Crippen molar-refractivity contribution in [2.75, 3.05) is 18.1 Å². The van der Waals surface area contributed by atoms with Crippen molar-refractivity contribution in [2.45, 2.75) is 32.7 Å². The molecule has 0 aliphatic carbocycles. The first-order valence-corrected chi connectivity index (χ1v) is 7.43. The number of benzene rings is 1. The normalized spacial score (nSPS) is 18.1. The van der Waals surface area contributed by atoms with E-state index in [9.17, 15) is 14.9 Å². The van der Waals surface area contributed by atoms with E-state index < -0.39 is 4.92 Å². The highest BCUT2D eigenvalue weighted by Crippen LogP contribution is 2.42. The van der Waals surface area contributed by atoms with Crippen LogP contribution in [0.5, 0.6) is 0 Å². The van der Waals surface area contributed by atoms with E-state index in [1.54, 1.807) is 11.0 Å². The molecule has 0 atom stereocenters. The van der Waals surface area contributed by atoms with E-state index in [2.05, 4.69) is 0 Å². The minimum Gasteiger partial charge on any atom is -0.381 e. The van der Waals surface area contributed by atoms with E-state index in [4.69, 9.17) is 4.74 Å². The maximum absolute atomic E-state index is 12.8. The monoisotopic (exact) mass is 302 g/mol. The molecule has 0 bridgehead atoms. The molecule has 1 fully saturated rings. The predicted octanol–water partition coefficient (Wildman–Crippen LogP) is 2.91. The second kappa shape index (κ2) is 5.53. The van der Waals surface area contributed by atoms with Crippen LogP contribution in [0.2, 0.25) is 0 Å². The van der Waals surface area contributed by atoms with Gasteiger partial charge < -0.3 is 9.64 Å². The molecule has 6 heteroatoms. The van der Waals surface area contributed by atoms with Crippen molar-refractivity contribution in [1.82, 2.24) is 0 Å². The van der Waals surface area contributed by atoms with Gasteiger partial charge in [-0.1, -0.05) is 5.57 Å². The van der Waals surface area contributed by atoms with Crippen LogP contribution in [0.4, 0.5) is 11.4 Å². The summed E-state index contributed by atoms with van der Waals surface area (Å²) in [4.78, 5) is 25.2. The molecular weight excluding hydrogens is 284 g/mol. The Kier molecular flexibility index (Phi) is 3.70. The Bertz CT molecular complexity index is 671. The van der Waals surface area contributed by atoms with Crippen molar-refractivity contribution in [3.8, 4) is 0 Å². The first-order valence-electron chi connectivity index (χ1n) is 7.43. The number of ether oxygens (including phenoxy) is 1. The fraction of sp³-hybridized carbons (Fsp3) is 0.438. The molecule has 1 aromatic rings. The number of hydrogen-bond donors (Lipinski definition) is 0. The van der Waals surface area contributed by atoms with E-state index in [1.165, 1.54) is 12.1 Å². The van der Waals surface area contributed by atoms with Gasteiger partial charge in [-0.25, -0.2) is 0 Å². The summed E-state index contributed by atoms with van der Waals surface area (Å²) in [6, 6.07) is 4.66. The Morgan fingerprint density at radius 3 is 2.55 bits per heavy atom. The van der Waals surface area contributed by atoms with E-state index in [0.717, 1.165) is 11.3 Å². The van der Waals surface area contributed by atoms with Gasteiger partial charge in [-0.3, -0.25) is 14.9 Å². The van der Waals surface area contributed by atoms with E-state index in [1.807, 2.05) is 13.8 Å². The number of carbonyl (C=O) groups excluding carboxylic acids is 1. The topological polar surface area (TPSA) is 72.7 Å². The summed E-state index contributed by atoms with van der Waals surface area (Å²) in [6.45, 7) is 5.08. The van der Waals surface area contributed by atoms with Gasteiger partial charge in [-0.15, -0.1) is 0 Å². The molecule has 0 radical (unpaired) electrons. The van der Waals surface area contributed by atoms with Gasteiger partial charge >= 0.3 is 0 Å². The highest BCUT2D eigenvalue weighted by molar-refractivity contribution is 6.33. The van der Waals surface area contributed by atoms with Crippen LogP contribution < -0.4 is 4.90 Å². The van der Waals surface area contributed by atoms with Gasteiger partial charge in [0.25, 0.3) is 11.6 Å². The summed E-state index contributed by atoms with van der Waals surface area (Å²) < 4.78 is 5.35. The Morgan fingerprint density at radius 1 is 1.27 bits per heavy atom. The maximum atomic E-state index is 12.8. The summed E-state index contributed by atoms with van der Waals surface area (Å²) in [6.07, 6.45) is 1.41. The van der Waals surface area contributed by atoms with Gasteiger partial charge in [0.05, 0.1) is 23.8 Å². The summed E-state index contributed by atoms with van der Waals surface area (Å²) in [5, 5.41) is 11.1. The molecule has 2 aliphatic heterocycles. The molecule has 116 valence electrons. The average Bonchev–Trinajstić information content (AvgIpc) is 2.79. The first-order chi connectivity index (χ1) is 10.5. The third-order valence-corrected chi connectivity index (χ3v) is 4.12. The van der Waals surface area contributed by atoms with Crippen molar-refractivity contribution >= 4 is 22.9 Å². The summed E-state index contributed by atoms with van der Waals surface area (Å²) >= 11 is 0. The number of carbonyl (C=O) groups is 1. The zero-order valence-corrected chi connectivity index (χ0v) is 12.7. The molecule has 0 aromatic heterocycles. The fourth-order valence-corrected chi connectivity index (χ4v) is 3.12. The number of amides is 1. The molecule has 0 saturated carbocycles. The van der Waals surface area contributed by atoms with E-state index >= 15 is 0 Å². The number of non-ortho nitro benzene ring substituents is 1. The third-order valence-electron chi connectivity index (χ3n) is 4.12. The molecule has 3 rings (SSSR count). The Balaban J connectivity index is 2.19. The van der Waals surface area contributed by atoms with Crippen LogP contribution in [0.3, 0.4) is 0 Å². The summed E-state index contributed by atoms with van der Waals surface area (Å²) in [5.74, 6) is -0.0533. The van der Waals surface area contributed by atoms with Crippen LogP contribution in [0.25, 0.3) is 5.57 Å². The molecule has 0 spiro atoms. The highest BCUT2D eigenvalue weighted by Gasteiger charge is 2.37. The molecule has 2 heterocycles. The van der Waals surface area contributed by atoms with Gasteiger partial charge in [0.2, 0.25) is 0 Å². The molecule has 0 N–H and O–H groups in total. The minimum absolute atomic E-state index is 0.00523. The lowest BCUT2D eigenvalue weighted by Crippen LogP contribution is -2.33. The number of nitro benzene ring substituents is 1. The van der Waals surface area contributed by atoms with Gasteiger partial charge in [0.15, 0.2) is 0 Å². The van der Waals surface area contributed by atoms with Gasteiger partial charge in [0, 0.05) is 29.3 Å². The molecule has 0 unspecified atom stereocenters. The van der Waals surface area contributed by atoms with Crippen molar-refractivity contribution in [1.29, 1.82) is 0 Å². The van der Waals surface area contributed by atoms with Gasteiger partial charge in [-0.05, 0) is 32.8 Å².